The van der Waals surface area contributed by atoms with Crippen LogP contribution in [0.4, 0.5) is 0 Å². The van der Waals surface area contributed by atoms with Crippen molar-refractivity contribution >= 4 is 6.41 Å². The summed E-state index contributed by atoms with van der Waals surface area (Å²) in [5, 5.41) is 0. The SMILES string of the molecule is CC(C)CC1CC(C)(C)N(C=O)CC1(C)C. The number of likely N-dealkylation sites (tertiary alicyclic amines) is 1. The fourth-order valence-corrected chi connectivity index (χ4v) is 2.93. The van der Waals surface area contributed by atoms with E-state index < -0.39 is 0 Å². The molecule has 1 aliphatic rings. The third kappa shape index (κ3) is 2.78. The Hall–Kier alpha value is -0.530. The second kappa shape index (κ2) is 4.38. The molecule has 0 aliphatic carbocycles. The van der Waals surface area contributed by atoms with E-state index in [-0.39, 0.29) is 11.0 Å². The van der Waals surface area contributed by atoms with E-state index in [9.17, 15) is 4.79 Å². The molecular formula is C14H27NO. The smallest absolute Gasteiger partial charge is 0.210 e. The second-order valence-electron chi connectivity index (χ2n) is 7.06. The Morgan fingerprint density at radius 1 is 1.31 bits per heavy atom. The maximum absolute atomic E-state index is 11.1. The van der Waals surface area contributed by atoms with E-state index in [1.54, 1.807) is 0 Å². The molecule has 0 bridgehead atoms. The summed E-state index contributed by atoms with van der Waals surface area (Å²) in [5.74, 6) is 1.46. The molecular weight excluding hydrogens is 198 g/mol. The van der Waals surface area contributed by atoms with Gasteiger partial charge in [0.15, 0.2) is 0 Å². The summed E-state index contributed by atoms with van der Waals surface area (Å²) in [6, 6.07) is 0. The Balaban J connectivity index is 2.84. The first-order chi connectivity index (χ1) is 7.19. The van der Waals surface area contributed by atoms with Crippen LogP contribution in [0.15, 0.2) is 0 Å². The van der Waals surface area contributed by atoms with Crippen LogP contribution in [0.1, 0.15) is 54.4 Å². The van der Waals surface area contributed by atoms with Gasteiger partial charge in [0.2, 0.25) is 6.41 Å². The van der Waals surface area contributed by atoms with Gasteiger partial charge in [0, 0.05) is 12.1 Å². The average Bonchev–Trinajstić information content (AvgIpc) is 2.10. The Kier molecular flexibility index (Phi) is 3.71. The molecule has 0 aromatic carbocycles. The van der Waals surface area contributed by atoms with E-state index in [1.165, 1.54) is 6.42 Å². The number of hydrogen-bond donors (Lipinski definition) is 0. The van der Waals surface area contributed by atoms with Crippen molar-refractivity contribution in [2.75, 3.05) is 6.54 Å². The number of rotatable bonds is 3. The molecule has 1 amide bonds. The highest BCUT2D eigenvalue weighted by Gasteiger charge is 2.43. The molecule has 2 nitrogen and oxygen atoms in total. The van der Waals surface area contributed by atoms with Gasteiger partial charge in [0.25, 0.3) is 0 Å². The number of carbonyl (C=O) groups is 1. The van der Waals surface area contributed by atoms with Crippen molar-refractivity contribution in [1.82, 2.24) is 4.90 Å². The summed E-state index contributed by atoms with van der Waals surface area (Å²) in [7, 11) is 0. The zero-order valence-corrected chi connectivity index (χ0v) is 11.7. The van der Waals surface area contributed by atoms with Crippen molar-refractivity contribution < 1.29 is 4.79 Å². The molecule has 0 radical (unpaired) electrons. The minimum absolute atomic E-state index is 0.0246. The monoisotopic (exact) mass is 225 g/mol. The minimum Gasteiger partial charge on any atom is -0.340 e. The van der Waals surface area contributed by atoms with Crippen molar-refractivity contribution in [3.05, 3.63) is 0 Å². The predicted octanol–water partition coefficient (Wildman–Crippen LogP) is 3.32. The van der Waals surface area contributed by atoms with Gasteiger partial charge in [-0.05, 0) is 43.9 Å². The molecule has 1 unspecified atom stereocenters. The van der Waals surface area contributed by atoms with Gasteiger partial charge in [0.05, 0.1) is 0 Å². The van der Waals surface area contributed by atoms with Crippen molar-refractivity contribution in [1.29, 1.82) is 0 Å². The molecule has 1 aliphatic heterocycles. The summed E-state index contributed by atoms with van der Waals surface area (Å²) < 4.78 is 0. The zero-order chi connectivity index (χ0) is 12.6. The largest absolute Gasteiger partial charge is 0.340 e. The van der Waals surface area contributed by atoms with Crippen molar-refractivity contribution in [3.63, 3.8) is 0 Å². The number of nitrogens with zero attached hydrogens (tertiary/aromatic N) is 1. The number of hydrogen-bond acceptors (Lipinski definition) is 1. The fraction of sp³-hybridized carbons (Fsp3) is 0.929. The van der Waals surface area contributed by atoms with Gasteiger partial charge < -0.3 is 4.90 Å². The van der Waals surface area contributed by atoms with Crippen LogP contribution in [0.3, 0.4) is 0 Å². The van der Waals surface area contributed by atoms with Crippen LogP contribution in [0.5, 0.6) is 0 Å². The van der Waals surface area contributed by atoms with Gasteiger partial charge in [-0.15, -0.1) is 0 Å². The van der Waals surface area contributed by atoms with Gasteiger partial charge >= 0.3 is 0 Å². The maximum atomic E-state index is 11.1. The topological polar surface area (TPSA) is 20.3 Å². The predicted molar refractivity (Wildman–Crippen MR) is 68.2 cm³/mol. The van der Waals surface area contributed by atoms with Gasteiger partial charge in [-0.3, -0.25) is 4.79 Å². The van der Waals surface area contributed by atoms with Crippen LogP contribution in [0.2, 0.25) is 0 Å². The summed E-state index contributed by atoms with van der Waals surface area (Å²) in [4.78, 5) is 13.1. The van der Waals surface area contributed by atoms with Crippen LogP contribution < -0.4 is 0 Å². The van der Waals surface area contributed by atoms with Crippen LogP contribution in [-0.2, 0) is 4.79 Å². The lowest BCUT2D eigenvalue weighted by molar-refractivity contribution is -0.132. The molecule has 1 saturated heterocycles. The Bertz CT molecular complexity index is 255. The van der Waals surface area contributed by atoms with Crippen LogP contribution in [-0.4, -0.2) is 23.4 Å². The lowest BCUT2D eigenvalue weighted by Crippen LogP contribution is -2.56. The molecule has 0 N–H and O–H groups in total. The van der Waals surface area contributed by atoms with Gasteiger partial charge in [-0.1, -0.05) is 27.7 Å². The van der Waals surface area contributed by atoms with E-state index in [0.717, 1.165) is 31.2 Å². The first kappa shape index (κ1) is 13.5. The molecule has 2 heteroatoms. The van der Waals surface area contributed by atoms with Crippen molar-refractivity contribution in [3.8, 4) is 0 Å². The summed E-state index contributed by atoms with van der Waals surface area (Å²) in [6.45, 7) is 14.4. The molecule has 1 heterocycles. The molecule has 0 saturated carbocycles. The Morgan fingerprint density at radius 2 is 1.88 bits per heavy atom. The van der Waals surface area contributed by atoms with Gasteiger partial charge in [-0.25, -0.2) is 0 Å². The summed E-state index contributed by atoms with van der Waals surface area (Å²) in [6.07, 6.45) is 3.41. The normalized spacial score (nSPS) is 28.2. The van der Waals surface area contributed by atoms with Crippen LogP contribution >= 0.6 is 0 Å². The number of amides is 1. The van der Waals surface area contributed by atoms with Crippen molar-refractivity contribution in [2.45, 2.75) is 59.9 Å². The number of carbonyl (C=O) groups excluding carboxylic acids is 1. The summed E-state index contributed by atoms with van der Waals surface area (Å²) >= 11 is 0. The first-order valence-electron chi connectivity index (χ1n) is 6.41. The molecule has 0 aromatic heterocycles. The van der Waals surface area contributed by atoms with E-state index in [1.807, 2.05) is 4.90 Å². The molecule has 94 valence electrons. The van der Waals surface area contributed by atoms with E-state index in [2.05, 4.69) is 41.5 Å². The van der Waals surface area contributed by atoms with Crippen LogP contribution in [0, 0.1) is 17.3 Å². The highest BCUT2D eigenvalue weighted by atomic mass is 16.1. The fourth-order valence-electron chi connectivity index (χ4n) is 2.93. The average molecular weight is 225 g/mol. The third-order valence-corrected chi connectivity index (χ3v) is 4.09. The van der Waals surface area contributed by atoms with E-state index in [4.69, 9.17) is 0 Å². The standard InChI is InChI=1S/C14H27NO/c1-11(2)7-12-8-14(5,6)15(10-16)9-13(12,3)4/h10-12H,7-9H2,1-6H3. The summed E-state index contributed by atoms with van der Waals surface area (Å²) in [5.41, 5.74) is 0.275. The van der Waals surface area contributed by atoms with Gasteiger partial charge in [-0.2, -0.15) is 0 Å². The highest BCUT2D eigenvalue weighted by molar-refractivity contribution is 5.49. The Morgan fingerprint density at radius 3 is 2.31 bits per heavy atom. The second-order valence-corrected chi connectivity index (χ2v) is 7.06. The lowest BCUT2D eigenvalue weighted by Gasteiger charge is -2.52. The van der Waals surface area contributed by atoms with E-state index >= 15 is 0 Å². The molecule has 16 heavy (non-hydrogen) atoms. The molecule has 1 rings (SSSR count). The molecule has 1 fully saturated rings. The highest BCUT2D eigenvalue weighted by Crippen LogP contribution is 2.44. The zero-order valence-electron chi connectivity index (χ0n) is 11.7. The van der Waals surface area contributed by atoms with E-state index in [0.29, 0.717) is 0 Å². The quantitative estimate of drug-likeness (QED) is 0.675. The van der Waals surface area contributed by atoms with Crippen molar-refractivity contribution in [2.24, 2.45) is 17.3 Å². The first-order valence-corrected chi connectivity index (χ1v) is 6.41. The lowest BCUT2D eigenvalue weighted by atomic mass is 9.66. The number of piperidine rings is 1. The molecule has 1 atom stereocenters. The minimum atomic E-state index is 0.0246. The molecule has 0 aromatic rings. The molecule has 0 spiro atoms. The van der Waals surface area contributed by atoms with Crippen LogP contribution in [0.25, 0.3) is 0 Å². The van der Waals surface area contributed by atoms with Gasteiger partial charge in [0.1, 0.15) is 0 Å². The third-order valence-electron chi connectivity index (χ3n) is 4.09. The Labute approximate surface area is 100 Å². The maximum Gasteiger partial charge on any atom is 0.210 e.